The van der Waals surface area contributed by atoms with E-state index >= 15 is 0 Å². The van der Waals surface area contributed by atoms with Gasteiger partial charge in [0.25, 0.3) is 0 Å². The molecule has 1 aliphatic rings. The summed E-state index contributed by atoms with van der Waals surface area (Å²) in [5.41, 5.74) is 3.59. The first kappa shape index (κ1) is 16.4. The molecule has 3 heteroatoms. The van der Waals surface area contributed by atoms with Crippen molar-refractivity contribution in [3.05, 3.63) is 111 Å². The predicted octanol–water partition coefficient (Wildman–Crippen LogP) is 6.72. The predicted molar refractivity (Wildman–Crippen MR) is 112 cm³/mol. The summed E-state index contributed by atoms with van der Waals surface area (Å²) in [4.78, 5) is 6.29. The van der Waals surface area contributed by atoms with Crippen LogP contribution in [0.4, 0.5) is 0 Å². The van der Waals surface area contributed by atoms with Crippen LogP contribution in [-0.2, 0) is 0 Å². The molecule has 0 spiro atoms. The molecule has 0 aliphatic carbocycles. The van der Waals surface area contributed by atoms with E-state index in [2.05, 4.69) is 94.8 Å². The molecule has 1 aliphatic heterocycles. The molecule has 0 saturated heterocycles. The summed E-state index contributed by atoms with van der Waals surface area (Å²) in [6, 6.07) is 29.3. The molecule has 0 saturated carbocycles. The summed E-state index contributed by atoms with van der Waals surface area (Å²) < 4.78 is 1.09. The van der Waals surface area contributed by atoms with Gasteiger partial charge >= 0.3 is 0 Å². The first-order chi connectivity index (χ1) is 12.3. The molecule has 25 heavy (non-hydrogen) atoms. The van der Waals surface area contributed by atoms with E-state index in [9.17, 15) is 0 Å². The van der Waals surface area contributed by atoms with Gasteiger partial charge in [-0.25, -0.2) is 0 Å². The van der Waals surface area contributed by atoms with Gasteiger partial charge < -0.3 is 0 Å². The lowest BCUT2D eigenvalue weighted by atomic mass is 10.1. The van der Waals surface area contributed by atoms with Gasteiger partial charge in [0.05, 0.1) is 0 Å². The zero-order chi connectivity index (χ0) is 17.1. The summed E-state index contributed by atoms with van der Waals surface area (Å²) in [7, 11) is 0. The maximum Gasteiger partial charge on any atom is 0.108 e. The normalized spacial score (nSPS) is 18.4. The minimum Gasteiger partial charge on any atom is -0.264 e. The van der Waals surface area contributed by atoms with Gasteiger partial charge in [-0.15, -0.1) is 0 Å². The van der Waals surface area contributed by atoms with Crippen molar-refractivity contribution in [2.24, 2.45) is 4.99 Å². The molecule has 4 rings (SSSR count). The molecule has 3 aromatic carbocycles. The third-order valence-electron chi connectivity index (χ3n) is 4.05. The van der Waals surface area contributed by atoms with E-state index < -0.39 is 0 Å². The molecule has 0 N–H and O–H groups in total. The second-order valence-corrected chi connectivity index (χ2v) is 7.79. The molecule has 122 valence electrons. The Labute approximate surface area is 160 Å². The number of benzene rings is 3. The van der Waals surface area contributed by atoms with E-state index in [1.165, 1.54) is 21.6 Å². The SMILES string of the molecule is Brc1ccc(C2N=C(c3ccccc3)S/C2=C\c2ccccc2)cc1. The maximum absolute atomic E-state index is 5.03. The monoisotopic (exact) mass is 405 g/mol. The molecular weight excluding hydrogens is 390 g/mol. The van der Waals surface area contributed by atoms with Crippen LogP contribution in [0.1, 0.15) is 22.7 Å². The van der Waals surface area contributed by atoms with E-state index in [-0.39, 0.29) is 6.04 Å². The van der Waals surface area contributed by atoms with Crippen LogP contribution in [0.25, 0.3) is 6.08 Å². The van der Waals surface area contributed by atoms with Gasteiger partial charge in [-0.1, -0.05) is 100 Å². The lowest BCUT2D eigenvalue weighted by Crippen LogP contribution is -1.93. The Kier molecular flexibility index (Phi) is 4.86. The lowest BCUT2D eigenvalue weighted by Gasteiger charge is -2.10. The number of aliphatic imine (C=N–C) groups is 1. The number of thioether (sulfide) groups is 1. The van der Waals surface area contributed by atoms with Crippen LogP contribution in [0.15, 0.2) is 99.3 Å². The number of hydrogen-bond acceptors (Lipinski definition) is 2. The highest BCUT2D eigenvalue weighted by Crippen LogP contribution is 2.44. The summed E-state index contributed by atoms with van der Waals surface area (Å²) in [6.07, 6.45) is 2.25. The van der Waals surface area contributed by atoms with E-state index in [0.29, 0.717) is 0 Å². The van der Waals surface area contributed by atoms with Crippen LogP contribution in [0, 0.1) is 0 Å². The first-order valence-corrected chi connectivity index (χ1v) is 9.74. The van der Waals surface area contributed by atoms with Crippen LogP contribution in [0.2, 0.25) is 0 Å². The van der Waals surface area contributed by atoms with E-state index in [0.717, 1.165) is 9.52 Å². The maximum atomic E-state index is 5.03. The van der Waals surface area contributed by atoms with Gasteiger partial charge in [-0.05, 0) is 29.3 Å². The largest absolute Gasteiger partial charge is 0.264 e. The van der Waals surface area contributed by atoms with Crippen molar-refractivity contribution in [1.29, 1.82) is 0 Å². The molecule has 0 fully saturated rings. The second-order valence-electron chi connectivity index (χ2n) is 5.81. The van der Waals surface area contributed by atoms with Crippen molar-refractivity contribution in [3.8, 4) is 0 Å². The molecule has 0 bridgehead atoms. The Hall–Kier alpha value is -2.10. The van der Waals surface area contributed by atoms with Crippen LogP contribution in [-0.4, -0.2) is 5.04 Å². The fraction of sp³-hybridized carbons (Fsp3) is 0.0455. The molecule has 1 unspecified atom stereocenters. The van der Waals surface area contributed by atoms with Crippen LogP contribution < -0.4 is 0 Å². The molecule has 0 aromatic heterocycles. The smallest absolute Gasteiger partial charge is 0.108 e. The van der Waals surface area contributed by atoms with Crippen molar-refractivity contribution < 1.29 is 0 Å². The summed E-state index contributed by atoms with van der Waals surface area (Å²) >= 11 is 5.28. The highest BCUT2D eigenvalue weighted by atomic mass is 79.9. The molecule has 1 nitrogen and oxygen atoms in total. The highest BCUT2D eigenvalue weighted by molar-refractivity contribution is 9.10. The van der Waals surface area contributed by atoms with Crippen molar-refractivity contribution in [3.63, 3.8) is 0 Å². The Morgan fingerprint density at radius 1 is 0.800 bits per heavy atom. The lowest BCUT2D eigenvalue weighted by molar-refractivity contribution is 0.917. The molecule has 0 radical (unpaired) electrons. The van der Waals surface area contributed by atoms with Gasteiger partial charge in [-0.3, -0.25) is 4.99 Å². The van der Waals surface area contributed by atoms with Gasteiger partial charge in [0.2, 0.25) is 0 Å². The standard InChI is InChI=1S/C22H16BrNS/c23-19-13-11-17(12-14-19)21-20(15-16-7-3-1-4-8-16)25-22(24-21)18-9-5-2-6-10-18/h1-15,21H/b20-15-. The van der Waals surface area contributed by atoms with Crippen LogP contribution >= 0.6 is 27.7 Å². The Balaban J connectivity index is 1.75. The van der Waals surface area contributed by atoms with Gasteiger partial charge in [-0.2, -0.15) is 0 Å². The Morgan fingerprint density at radius 2 is 1.44 bits per heavy atom. The number of hydrogen-bond donors (Lipinski definition) is 0. The molecule has 3 aromatic rings. The quantitative estimate of drug-likeness (QED) is 0.470. The molecule has 0 amide bonds. The Bertz CT molecular complexity index is 915. The van der Waals surface area contributed by atoms with Gasteiger partial charge in [0, 0.05) is 14.9 Å². The molecular formula is C22H16BrNS. The molecule has 1 atom stereocenters. The number of halogens is 1. The average Bonchev–Trinajstić information content (AvgIpc) is 3.08. The van der Waals surface area contributed by atoms with Crippen LogP contribution in [0.5, 0.6) is 0 Å². The minimum atomic E-state index is 0.0495. The fourth-order valence-corrected chi connectivity index (χ4v) is 4.19. The van der Waals surface area contributed by atoms with E-state index in [1.54, 1.807) is 11.8 Å². The number of nitrogens with zero attached hydrogens (tertiary/aromatic N) is 1. The highest BCUT2D eigenvalue weighted by Gasteiger charge is 2.26. The zero-order valence-electron chi connectivity index (χ0n) is 13.5. The van der Waals surface area contributed by atoms with Gasteiger partial charge in [0.15, 0.2) is 0 Å². The van der Waals surface area contributed by atoms with E-state index in [4.69, 9.17) is 4.99 Å². The zero-order valence-corrected chi connectivity index (χ0v) is 15.9. The summed E-state index contributed by atoms with van der Waals surface area (Å²) in [5, 5.41) is 1.08. The number of rotatable bonds is 3. The third-order valence-corrected chi connectivity index (χ3v) is 5.69. The minimum absolute atomic E-state index is 0.0495. The van der Waals surface area contributed by atoms with E-state index in [1.807, 2.05) is 12.1 Å². The van der Waals surface area contributed by atoms with Crippen molar-refractivity contribution >= 4 is 38.8 Å². The van der Waals surface area contributed by atoms with Crippen molar-refractivity contribution in [2.45, 2.75) is 6.04 Å². The summed E-state index contributed by atoms with van der Waals surface area (Å²) in [6.45, 7) is 0. The Morgan fingerprint density at radius 3 is 2.12 bits per heavy atom. The third kappa shape index (κ3) is 3.78. The van der Waals surface area contributed by atoms with Gasteiger partial charge in [0.1, 0.15) is 11.1 Å². The average molecular weight is 406 g/mol. The fourth-order valence-electron chi connectivity index (χ4n) is 2.79. The van der Waals surface area contributed by atoms with Crippen molar-refractivity contribution in [2.75, 3.05) is 0 Å². The first-order valence-electron chi connectivity index (χ1n) is 8.13. The molecule has 1 heterocycles. The van der Waals surface area contributed by atoms with Crippen molar-refractivity contribution in [1.82, 2.24) is 0 Å². The van der Waals surface area contributed by atoms with Crippen LogP contribution in [0.3, 0.4) is 0 Å². The second kappa shape index (κ2) is 7.42. The summed E-state index contributed by atoms with van der Waals surface area (Å²) in [5.74, 6) is 0. The topological polar surface area (TPSA) is 12.4 Å².